The molecule has 0 aromatic heterocycles. The molecular formula is C15H15ClN2. The largest absolute Gasteiger partial charge is 0.397 e. The molecule has 0 atom stereocenters. The van der Waals surface area contributed by atoms with Crippen LogP contribution in [0.2, 0.25) is 5.02 Å². The summed E-state index contributed by atoms with van der Waals surface area (Å²) < 4.78 is 0. The molecule has 3 N–H and O–H groups in total. The van der Waals surface area contributed by atoms with Crippen molar-refractivity contribution in [3.8, 4) is 0 Å². The molecule has 92 valence electrons. The molecule has 1 heterocycles. The molecule has 0 bridgehead atoms. The van der Waals surface area contributed by atoms with Gasteiger partial charge in [-0.05, 0) is 23.8 Å². The molecule has 0 radical (unpaired) electrons. The van der Waals surface area contributed by atoms with E-state index in [4.69, 9.17) is 17.3 Å². The van der Waals surface area contributed by atoms with Crippen LogP contribution in [0.5, 0.6) is 0 Å². The summed E-state index contributed by atoms with van der Waals surface area (Å²) in [6, 6.07) is 11.9. The number of para-hydroxylation sites is 1. The van der Waals surface area contributed by atoms with E-state index in [1.54, 1.807) is 0 Å². The molecule has 0 aliphatic carbocycles. The van der Waals surface area contributed by atoms with Gasteiger partial charge in [0.15, 0.2) is 0 Å². The number of fused-ring (bicyclic) bond motifs is 2. The van der Waals surface area contributed by atoms with Gasteiger partial charge in [-0.15, -0.1) is 0 Å². The summed E-state index contributed by atoms with van der Waals surface area (Å²) in [6.45, 7) is 4.35. The minimum absolute atomic E-state index is 0.149. The van der Waals surface area contributed by atoms with Gasteiger partial charge in [0.05, 0.1) is 11.4 Å². The molecule has 1 aliphatic rings. The van der Waals surface area contributed by atoms with Gasteiger partial charge in [0, 0.05) is 21.7 Å². The first-order valence-corrected chi connectivity index (χ1v) is 6.34. The molecule has 0 amide bonds. The molecule has 0 saturated heterocycles. The zero-order chi connectivity index (χ0) is 12.9. The Kier molecular flexibility index (Phi) is 2.32. The fourth-order valence-electron chi connectivity index (χ4n) is 2.76. The van der Waals surface area contributed by atoms with E-state index in [1.165, 1.54) is 5.56 Å². The highest BCUT2D eigenvalue weighted by Crippen LogP contribution is 2.49. The zero-order valence-corrected chi connectivity index (χ0v) is 11.2. The minimum Gasteiger partial charge on any atom is -0.397 e. The van der Waals surface area contributed by atoms with Crippen LogP contribution in [-0.4, -0.2) is 0 Å². The second kappa shape index (κ2) is 3.66. The Hall–Kier alpha value is -1.67. The molecule has 1 aliphatic heterocycles. The maximum Gasteiger partial charge on any atom is 0.0659 e. The molecule has 18 heavy (non-hydrogen) atoms. The predicted molar refractivity (Wildman–Crippen MR) is 77.7 cm³/mol. The molecule has 2 aromatic rings. The third-order valence-electron chi connectivity index (χ3n) is 3.67. The maximum absolute atomic E-state index is 6.36. The van der Waals surface area contributed by atoms with Crippen molar-refractivity contribution in [2.24, 2.45) is 0 Å². The number of benzene rings is 2. The smallest absolute Gasteiger partial charge is 0.0659 e. The number of hydrogen-bond donors (Lipinski definition) is 2. The number of nitrogens with one attached hydrogen (secondary N) is 1. The molecule has 0 fully saturated rings. The average molecular weight is 259 g/mol. The molecule has 2 aromatic carbocycles. The third-order valence-corrected chi connectivity index (χ3v) is 3.98. The number of halogens is 1. The fourth-order valence-corrected chi connectivity index (χ4v) is 3.17. The number of anilines is 3. The van der Waals surface area contributed by atoms with Crippen molar-refractivity contribution < 1.29 is 0 Å². The van der Waals surface area contributed by atoms with E-state index in [9.17, 15) is 0 Å². The standard InChI is InChI=1S/C15H15ClN2/c1-15(2)9-5-3-7-11(17)14(9)18-12-8-4-6-10(16)13(12)15/h3-8,18H,17H2,1-2H3. The van der Waals surface area contributed by atoms with Gasteiger partial charge in [-0.3, -0.25) is 0 Å². The van der Waals surface area contributed by atoms with Crippen molar-refractivity contribution in [3.05, 3.63) is 52.5 Å². The molecule has 3 rings (SSSR count). The van der Waals surface area contributed by atoms with Gasteiger partial charge in [-0.1, -0.05) is 43.6 Å². The summed E-state index contributed by atoms with van der Waals surface area (Å²) in [4.78, 5) is 0. The normalized spacial score (nSPS) is 15.5. The van der Waals surface area contributed by atoms with Crippen LogP contribution in [0.3, 0.4) is 0 Å². The molecule has 2 nitrogen and oxygen atoms in total. The summed E-state index contributed by atoms with van der Waals surface area (Å²) in [5, 5.41) is 4.19. The van der Waals surface area contributed by atoms with E-state index in [2.05, 4.69) is 25.2 Å². The van der Waals surface area contributed by atoms with Gasteiger partial charge in [-0.25, -0.2) is 0 Å². The van der Waals surface area contributed by atoms with Crippen molar-refractivity contribution >= 4 is 28.7 Å². The molecule has 3 heteroatoms. The molecule has 0 saturated carbocycles. The highest BCUT2D eigenvalue weighted by Gasteiger charge is 2.34. The van der Waals surface area contributed by atoms with Crippen molar-refractivity contribution in [1.29, 1.82) is 0 Å². The van der Waals surface area contributed by atoms with E-state index < -0.39 is 0 Å². The van der Waals surface area contributed by atoms with E-state index in [0.717, 1.165) is 27.6 Å². The molecule has 0 unspecified atom stereocenters. The number of nitrogen functional groups attached to an aromatic ring is 1. The van der Waals surface area contributed by atoms with Crippen LogP contribution < -0.4 is 11.1 Å². The fraction of sp³-hybridized carbons (Fsp3) is 0.200. The summed E-state index contributed by atoms with van der Waals surface area (Å²) >= 11 is 6.36. The Balaban J connectivity index is 2.34. The highest BCUT2D eigenvalue weighted by atomic mass is 35.5. The summed E-state index contributed by atoms with van der Waals surface area (Å²) in [5.74, 6) is 0. The van der Waals surface area contributed by atoms with Crippen LogP contribution in [0.25, 0.3) is 0 Å². The second-order valence-electron chi connectivity index (χ2n) is 5.18. The van der Waals surface area contributed by atoms with Crippen molar-refractivity contribution in [2.75, 3.05) is 11.1 Å². The third kappa shape index (κ3) is 1.42. The number of nitrogens with two attached hydrogens (primary N) is 1. The lowest BCUT2D eigenvalue weighted by molar-refractivity contribution is 0.639. The van der Waals surface area contributed by atoms with Gasteiger partial charge >= 0.3 is 0 Å². The highest BCUT2D eigenvalue weighted by molar-refractivity contribution is 6.32. The van der Waals surface area contributed by atoms with E-state index in [0.29, 0.717) is 0 Å². The van der Waals surface area contributed by atoms with Crippen LogP contribution in [-0.2, 0) is 5.41 Å². The average Bonchev–Trinajstić information content (AvgIpc) is 2.30. The summed E-state index contributed by atoms with van der Waals surface area (Å²) in [6.07, 6.45) is 0. The summed E-state index contributed by atoms with van der Waals surface area (Å²) in [5.41, 5.74) is 11.0. The van der Waals surface area contributed by atoms with Gasteiger partial charge < -0.3 is 11.1 Å². The lowest BCUT2D eigenvalue weighted by Gasteiger charge is -2.36. The van der Waals surface area contributed by atoms with Gasteiger partial charge in [0.1, 0.15) is 0 Å². The van der Waals surface area contributed by atoms with Gasteiger partial charge in [-0.2, -0.15) is 0 Å². The topological polar surface area (TPSA) is 38.0 Å². The Morgan fingerprint density at radius 3 is 2.61 bits per heavy atom. The zero-order valence-electron chi connectivity index (χ0n) is 10.4. The van der Waals surface area contributed by atoms with Crippen LogP contribution in [0.4, 0.5) is 17.1 Å². The van der Waals surface area contributed by atoms with Crippen LogP contribution in [0.1, 0.15) is 25.0 Å². The van der Waals surface area contributed by atoms with Crippen molar-refractivity contribution in [2.45, 2.75) is 19.3 Å². The second-order valence-corrected chi connectivity index (χ2v) is 5.59. The predicted octanol–water partition coefficient (Wildman–Crippen LogP) is 4.31. The van der Waals surface area contributed by atoms with Crippen molar-refractivity contribution in [1.82, 2.24) is 0 Å². The molecular weight excluding hydrogens is 244 g/mol. The van der Waals surface area contributed by atoms with Crippen LogP contribution >= 0.6 is 11.6 Å². The van der Waals surface area contributed by atoms with Gasteiger partial charge in [0.2, 0.25) is 0 Å². The van der Waals surface area contributed by atoms with Crippen LogP contribution in [0.15, 0.2) is 36.4 Å². The monoisotopic (exact) mass is 258 g/mol. The first-order chi connectivity index (χ1) is 8.51. The van der Waals surface area contributed by atoms with Crippen molar-refractivity contribution in [3.63, 3.8) is 0 Å². The molecule has 0 spiro atoms. The SMILES string of the molecule is CC1(C)c2cccc(N)c2Nc2cccc(Cl)c21. The van der Waals surface area contributed by atoms with Gasteiger partial charge in [0.25, 0.3) is 0 Å². The summed E-state index contributed by atoms with van der Waals surface area (Å²) in [7, 11) is 0. The van der Waals surface area contributed by atoms with E-state index >= 15 is 0 Å². The quantitative estimate of drug-likeness (QED) is 0.691. The maximum atomic E-state index is 6.36. The first-order valence-electron chi connectivity index (χ1n) is 5.97. The Morgan fingerprint density at radius 1 is 1.11 bits per heavy atom. The number of rotatable bonds is 0. The Labute approximate surface area is 112 Å². The first kappa shape index (κ1) is 11.4. The van der Waals surface area contributed by atoms with E-state index in [1.807, 2.05) is 30.3 Å². The Morgan fingerprint density at radius 2 is 1.83 bits per heavy atom. The Bertz CT molecular complexity index is 632. The minimum atomic E-state index is -0.149. The van der Waals surface area contributed by atoms with Crippen LogP contribution in [0, 0.1) is 0 Å². The number of hydrogen-bond acceptors (Lipinski definition) is 2. The van der Waals surface area contributed by atoms with E-state index in [-0.39, 0.29) is 5.41 Å². The lowest BCUT2D eigenvalue weighted by atomic mass is 9.74. The lowest BCUT2D eigenvalue weighted by Crippen LogP contribution is -2.27.